The summed E-state index contributed by atoms with van der Waals surface area (Å²) in [4.78, 5) is 16.6. The minimum absolute atomic E-state index is 0.134. The molecule has 2 aromatic rings. The van der Waals surface area contributed by atoms with E-state index in [1.54, 1.807) is 10.7 Å². The van der Waals surface area contributed by atoms with Crippen LogP contribution in [-0.2, 0) is 4.79 Å². The van der Waals surface area contributed by atoms with E-state index in [9.17, 15) is 4.79 Å². The van der Waals surface area contributed by atoms with E-state index in [0.29, 0.717) is 5.82 Å². The zero-order valence-corrected chi connectivity index (χ0v) is 13.5. The van der Waals surface area contributed by atoms with Gasteiger partial charge in [0.2, 0.25) is 5.91 Å². The minimum Gasteiger partial charge on any atom is -0.309 e. The lowest BCUT2D eigenvalue weighted by molar-refractivity contribution is -0.119. The van der Waals surface area contributed by atoms with E-state index in [4.69, 9.17) is 0 Å². The summed E-state index contributed by atoms with van der Waals surface area (Å²) in [6.07, 6.45) is 0. The largest absolute Gasteiger partial charge is 0.309 e. The van der Waals surface area contributed by atoms with E-state index in [0.717, 1.165) is 21.6 Å². The van der Waals surface area contributed by atoms with Crippen LogP contribution in [0.2, 0.25) is 0 Å². The third kappa shape index (κ3) is 3.07. The van der Waals surface area contributed by atoms with Crippen molar-refractivity contribution in [3.05, 3.63) is 39.8 Å². The molecule has 0 aliphatic heterocycles. The van der Waals surface area contributed by atoms with Crippen LogP contribution in [0.1, 0.15) is 30.0 Å². The van der Waals surface area contributed by atoms with E-state index in [1.807, 2.05) is 39.8 Å². The fourth-order valence-electron chi connectivity index (χ4n) is 1.99. The highest BCUT2D eigenvalue weighted by Crippen LogP contribution is 2.18. The smallest absolute Gasteiger partial charge is 0.250 e. The maximum absolute atomic E-state index is 12.2. The number of anilines is 1. The zero-order valence-electron chi connectivity index (χ0n) is 11.9. The molecule has 0 saturated heterocycles. The van der Waals surface area contributed by atoms with Gasteiger partial charge in [-0.15, -0.1) is 0 Å². The Morgan fingerprint density at radius 3 is 2.60 bits per heavy atom. The van der Waals surface area contributed by atoms with Gasteiger partial charge in [-0.3, -0.25) is 9.48 Å². The van der Waals surface area contributed by atoms with Crippen molar-refractivity contribution in [3.63, 3.8) is 0 Å². The molecule has 0 bridgehead atoms. The number of amides is 1. The fourth-order valence-corrected chi connectivity index (χ4v) is 2.21. The number of hydrogen-bond donors (Lipinski definition) is 1. The number of aromatic nitrogens is 3. The number of rotatable bonds is 3. The molecule has 1 amide bonds. The molecular formula is C14H17BrN4O. The summed E-state index contributed by atoms with van der Waals surface area (Å²) >= 11 is 3.38. The predicted molar refractivity (Wildman–Crippen MR) is 81.7 cm³/mol. The highest BCUT2D eigenvalue weighted by Gasteiger charge is 2.18. The number of halogens is 1. The van der Waals surface area contributed by atoms with Gasteiger partial charge in [0.25, 0.3) is 0 Å². The average Bonchev–Trinajstić information content (AvgIpc) is 2.72. The Labute approximate surface area is 126 Å². The summed E-state index contributed by atoms with van der Waals surface area (Å²) in [6.45, 7) is 7.55. The first kappa shape index (κ1) is 14.7. The number of aryl methyl sites for hydroxylation is 3. The van der Waals surface area contributed by atoms with Crippen LogP contribution in [0.15, 0.2) is 22.7 Å². The molecule has 0 unspecified atom stereocenters. The summed E-state index contributed by atoms with van der Waals surface area (Å²) in [6, 6.07) is 5.20. The van der Waals surface area contributed by atoms with Gasteiger partial charge in [-0.05, 0) is 61.8 Å². The lowest BCUT2D eigenvalue weighted by Crippen LogP contribution is -2.25. The molecule has 1 N–H and O–H groups in total. The first-order valence-electron chi connectivity index (χ1n) is 6.35. The van der Waals surface area contributed by atoms with Crippen molar-refractivity contribution in [2.24, 2.45) is 0 Å². The number of hydrogen-bond acceptors (Lipinski definition) is 3. The molecular weight excluding hydrogens is 320 g/mol. The molecule has 6 heteroatoms. The number of carbonyl (C=O) groups excluding carboxylic acids is 1. The summed E-state index contributed by atoms with van der Waals surface area (Å²) in [7, 11) is 0. The molecule has 0 spiro atoms. The van der Waals surface area contributed by atoms with Crippen LogP contribution in [0.4, 0.5) is 5.82 Å². The zero-order chi connectivity index (χ0) is 14.9. The molecule has 106 valence electrons. The highest BCUT2D eigenvalue weighted by atomic mass is 79.9. The van der Waals surface area contributed by atoms with Crippen molar-refractivity contribution in [2.45, 2.75) is 33.7 Å². The van der Waals surface area contributed by atoms with Gasteiger partial charge in [-0.1, -0.05) is 0 Å². The summed E-state index contributed by atoms with van der Waals surface area (Å²) in [5, 5.41) is 7.15. The molecule has 5 nitrogen and oxygen atoms in total. The molecule has 2 heterocycles. The van der Waals surface area contributed by atoms with E-state index < -0.39 is 0 Å². The predicted octanol–water partition coefficient (Wildman–Crippen LogP) is 3.17. The molecule has 20 heavy (non-hydrogen) atoms. The van der Waals surface area contributed by atoms with Gasteiger partial charge >= 0.3 is 0 Å². The van der Waals surface area contributed by atoms with E-state index in [2.05, 4.69) is 31.3 Å². The summed E-state index contributed by atoms with van der Waals surface area (Å²) in [5.74, 6) is 0.412. The molecule has 2 rings (SSSR count). The van der Waals surface area contributed by atoms with Crippen LogP contribution in [-0.4, -0.2) is 20.7 Å². The van der Waals surface area contributed by atoms with Gasteiger partial charge in [0.1, 0.15) is 11.9 Å². The monoisotopic (exact) mass is 336 g/mol. The van der Waals surface area contributed by atoms with Crippen molar-refractivity contribution in [3.8, 4) is 0 Å². The topological polar surface area (TPSA) is 59.8 Å². The second-order valence-corrected chi connectivity index (χ2v) is 5.65. The fraction of sp³-hybridized carbons (Fsp3) is 0.357. The molecule has 0 fully saturated rings. The SMILES string of the molecule is Cc1cc(C)n([C@@H](C)C(=O)Nc2ccc(Br)c(C)n2)n1. The lowest BCUT2D eigenvalue weighted by Gasteiger charge is -2.14. The number of nitrogens with one attached hydrogen (secondary N) is 1. The quantitative estimate of drug-likeness (QED) is 0.936. The van der Waals surface area contributed by atoms with Crippen LogP contribution in [0.5, 0.6) is 0 Å². The number of nitrogens with zero attached hydrogens (tertiary/aromatic N) is 3. The Hall–Kier alpha value is -1.69. The third-order valence-corrected chi connectivity index (χ3v) is 3.90. The Balaban J connectivity index is 2.15. The summed E-state index contributed by atoms with van der Waals surface area (Å²) < 4.78 is 2.64. The van der Waals surface area contributed by atoms with Crippen molar-refractivity contribution in [2.75, 3.05) is 5.32 Å². The first-order chi connectivity index (χ1) is 9.38. The van der Waals surface area contributed by atoms with Crippen LogP contribution in [0, 0.1) is 20.8 Å². The Morgan fingerprint density at radius 2 is 2.05 bits per heavy atom. The van der Waals surface area contributed by atoms with Crippen LogP contribution < -0.4 is 5.32 Å². The second-order valence-electron chi connectivity index (χ2n) is 4.80. The maximum atomic E-state index is 12.2. The van der Waals surface area contributed by atoms with Crippen LogP contribution >= 0.6 is 15.9 Å². The normalized spacial score (nSPS) is 12.2. The van der Waals surface area contributed by atoms with Crippen molar-refractivity contribution < 1.29 is 4.79 Å². The first-order valence-corrected chi connectivity index (χ1v) is 7.14. The second kappa shape index (κ2) is 5.75. The molecule has 0 radical (unpaired) electrons. The van der Waals surface area contributed by atoms with Gasteiger partial charge in [-0.25, -0.2) is 4.98 Å². The van der Waals surface area contributed by atoms with Crippen LogP contribution in [0.3, 0.4) is 0 Å². The molecule has 0 aliphatic carbocycles. The molecule has 2 aromatic heterocycles. The van der Waals surface area contributed by atoms with Crippen molar-refractivity contribution in [1.29, 1.82) is 0 Å². The van der Waals surface area contributed by atoms with Gasteiger partial charge < -0.3 is 5.32 Å². The van der Waals surface area contributed by atoms with Crippen LogP contribution in [0.25, 0.3) is 0 Å². The van der Waals surface area contributed by atoms with Gasteiger partial charge in [0.05, 0.1) is 11.4 Å². The minimum atomic E-state index is -0.380. The molecule has 0 aromatic carbocycles. The van der Waals surface area contributed by atoms with E-state index in [1.165, 1.54) is 0 Å². The van der Waals surface area contributed by atoms with Gasteiger partial charge in [-0.2, -0.15) is 5.10 Å². The Morgan fingerprint density at radius 1 is 1.35 bits per heavy atom. The highest BCUT2D eigenvalue weighted by molar-refractivity contribution is 9.10. The molecule has 1 atom stereocenters. The van der Waals surface area contributed by atoms with Crippen molar-refractivity contribution in [1.82, 2.24) is 14.8 Å². The average molecular weight is 337 g/mol. The Bertz CT molecular complexity index is 651. The third-order valence-electron chi connectivity index (χ3n) is 3.06. The van der Waals surface area contributed by atoms with E-state index in [-0.39, 0.29) is 11.9 Å². The molecule has 0 aliphatic rings. The van der Waals surface area contributed by atoms with E-state index >= 15 is 0 Å². The Kier molecular flexibility index (Phi) is 4.23. The number of carbonyl (C=O) groups is 1. The molecule has 0 saturated carbocycles. The van der Waals surface area contributed by atoms with Gasteiger partial charge in [0.15, 0.2) is 0 Å². The summed E-state index contributed by atoms with van der Waals surface area (Å²) in [5.41, 5.74) is 2.70. The number of pyridine rings is 1. The van der Waals surface area contributed by atoms with Crippen molar-refractivity contribution >= 4 is 27.7 Å². The maximum Gasteiger partial charge on any atom is 0.250 e. The standard InChI is InChI=1S/C14H17BrN4O/c1-8-7-9(2)19(18-8)11(4)14(20)17-13-6-5-12(15)10(3)16-13/h5-7,11H,1-4H3,(H,16,17,20)/t11-/m0/s1. The lowest BCUT2D eigenvalue weighted by atomic mass is 10.3. The van der Waals surface area contributed by atoms with Gasteiger partial charge in [0, 0.05) is 10.2 Å².